The highest BCUT2D eigenvalue weighted by Gasteiger charge is 1.84. The van der Waals surface area contributed by atoms with Gasteiger partial charge in [0.25, 0.3) is 0 Å². The van der Waals surface area contributed by atoms with Crippen molar-refractivity contribution >= 4 is 11.8 Å². The maximum atomic E-state index is 9.62. The van der Waals surface area contributed by atoms with Crippen LogP contribution in [0.2, 0.25) is 0 Å². The van der Waals surface area contributed by atoms with Gasteiger partial charge < -0.3 is 0 Å². The standard InChI is InChI=1S/C4H7NO2S/c1-8-4-2-3-5(6)7/h2,4H,3H2,1H3/b4-2-. The molecule has 4 heteroatoms. The number of nitro groups is 1. The molecule has 0 aliphatic heterocycles. The second-order valence-corrected chi connectivity index (χ2v) is 1.87. The molecule has 0 bridgehead atoms. The van der Waals surface area contributed by atoms with Crippen LogP contribution in [-0.4, -0.2) is 17.7 Å². The van der Waals surface area contributed by atoms with Crippen LogP contribution in [0, 0.1) is 10.1 Å². The van der Waals surface area contributed by atoms with Crippen molar-refractivity contribution in [1.82, 2.24) is 0 Å². The Morgan fingerprint density at radius 2 is 2.50 bits per heavy atom. The molecule has 0 aromatic rings. The van der Waals surface area contributed by atoms with Crippen molar-refractivity contribution in [2.75, 3.05) is 12.8 Å². The molecule has 0 rings (SSSR count). The summed E-state index contributed by atoms with van der Waals surface area (Å²) in [7, 11) is 0. The largest absolute Gasteiger partial charge is 0.264 e. The Morgan fingerprint density at radius 3 is 2.88 bits per heavy atom. The Balaban J connectivity index is 3.16. The van der Waals surface area contributed by atoms with Gasteiger partial charge in [0.2, 0.25) is 6.54 Å². The molecule has 0 saturated carbocycles. The van der Waals surface area contributed by atoms with Gasteiger partial charge >= 0.3 is 0 Å². The zero-order valence-corrected chi connectivity index (χ0v) is 5.35. The summed E-state index contributed by atoms with van der Waals surface area (Å²) in [5, 5.41) is 11.3. The third-order valence-corrected chi connectivity index (χ3v) is 0.951. The maximum Gasteiger partial charge on any atom is 0.222 e. The molecule has 0 radical (unpaired) electrons. The number of thioether (sulfide) groups is 1. The van der Waals surface area contributed by atoms with Gasteiger partial charge in [0.15, 0.2) is 0 Å². The summed E-state index contributed by atoms with van der Waals surface area (Å²) in [6.45, 7) is -0.0686. The van der Waals surface area contributed by atoms with E-state index in [9.17, 15) is 10.1 Å². The smallest absolute Gasteiger partial charge is 0.222 e. The van der Waals surface area contributed by atoms with E-state index in [0.717, 1.165) is 0 Å². The molecule has 0 aliphatic rings. The molecule has 0 amide bonds. The Bertz CT molecular complexity index is 102. The van der Waals surface area contributed by atoms with Crippen molar-refractivity contribution in [2.24, 2.45) is 0 Å². The zero-order valence-electron chi connectivity index (χ0n) is 4.53. The van der Waals surface area contributed by atoms with Gasteiger partial charge in [0.1, 0.15) is 0 Å². The summed E-state index contributed by atoms with van der Waals surface area (Å²) >= 11 is 1.46. The molecule has 0 aromatic heterocycles. The first-order valence-electron chi connectivity index (χ1n) is 2.07. The minimum Gasteiger partial charge on any atom is -0.264 e. The summed E-state index contributed by atoms with van der Waals surface area (Å²) in [6, 6.07) is 0. The van der Waals surface area contributed by atoms with Crippen LogP contribution in [0.3, 0.4) is 0 Å². The number of hydrogen-bond acceptors (Lipinski definition) is 3. The molecule has 0 unspecified atom stereocenters. The highest BCUT2D eigenvalue weighted by molar-refractivity contribution is 8.01. The quantitative estimate of drug-likeness (QED) is 0.428. The van der Waals surface area contributed by atoms with Crippen LogP contribution < -0.4 is 0 Å². The number of nitrogens with zero attached hydrogens (tertiary/aromatic N) is 1. The van der Waals surface area contributed by atoms with Crippen molar-refractivity contribution in [3.05, 3.63) is 21.6 Å². The molecule has 0 fully saturated rings. The third-order valence-electron chi connectivity index (χ3n) is 0.487. The van der Waals surface area contributed by atoms with E-state index in [0.29, 0.717) is 0 Å². The van der Waals surface area contributed by atoms with Gasteiger partial charge in [-0.15, -0.1) is 11.8 Å². The number of hydrogen-bond donors (Lipinski definition) is 0. The zero-order chi connectivity index (χ0) is 6.41. The highest BCUT2D eigenvalue weighted by Crippen LogP contribution is 1.91. The average molecular weight is 133 g/mol. The molecule has 0 spiro atoms. The summed E-state index contributed by atoms with van der Waals surface area (Å²) in [4.78, 5) is 9.25. The minimum atomic E-state index is -0.368. The molecule has 3 nitrogen and oxygen atoms in total. The van der Waals surface area contributed by atoms with E-state index in [1.165, 1.54) is 17.8 Å². The maximum absolute atomic E-state index is 9.62. The van der Waals surface area contributed by atoms with Gasteiger partial charge in [-0.1, -0.05) is 0 Å². The van der Waals surface area contributed by atoms with Crippen LogP contribution in [0.1, 0.15) is 0 Å². The van der Waals surface area contributed by atoms with Gasteiger partial charge in [-0.3, -0.25) is 10.1 Å². The lowest BCUT2D eigenvalue weighted by molar-refractivity contribution is -0.468. The summed E-state index contributed by atoms with van der Waals surface area (Å²) in [6.07, 6.45) is 3.38. The van der Waals surface area contributed by atoms with E-state index < -0.39 is 0 Å². The van der Waals surface area contributed by atoms with Crippen molar-refractivity contribution in [2.45, 2.75) is 0 Å². The van der Waals surface area contributed by atoms with E-state index in [1.807, 2.05) is 6.26 Å². The lowest BCUT2D eigenvalue weighted by Gasteiger charge is -1.80. The van der Waals surface area contributed by atoms with E-state index in [1.54, 1.807) is 5.41 Å². The summed E-state index contributed by atoms with van der Waals surface area (Å²) < 4.78 is 0. The lowest BCUT2D eigenvalue weighted by Crippen LogP contribution is -1.94. The number of rotatable bonds is 3. The molecule has 0 aromatic carbocycles. The molecular formula is C4H7NO2S. The van der Waals surface area contributed by atoms with E-state index in [2.05, 4.69) is 0 Å². The summed E-state index contributed by atoms with van der Waals surface area (Å²) in [5.41, 5.74) is 0. The van der Waals surface area contributed by atoms with Crippen LogP contribution in [0.5, 0.6) is 0 Å². The molecule has 0 N–H and O–H groups in total. The Hall–Kier alpha value is -0.510. The second kappa shape index (κ2) is 4.64. The average Bonchev–Trinajstić information content (AvgIpc) is 1.66. The first kappa shape index (κ1) is 7.49. The molecule has 0 heterocycles. The Morgan fingerprint density at radius 1 is 1.88 bits per heavy atom. The van der Waals surface area contributed by atoms with Gasteiger partial charge in [0.05, 0.1) is 0 Å². The first-order valence-corrected chi connectivity index (χ1v) is 3.35. The van der Waals surface area contributed by atoms with Crippen LogP contribution in [-0.2, 0) is 0 Å². The van der Waals surface area contributed by atoms with Crippen LogP contribution in [0.4, 0.5) is 0 Å². The summed E-state index contributed by atoms with van der Waals surface area (Å²) in [5.74, 6) is 0. The van der Waals surface area contributed by atoms with Crippen LogP contribution in [0.15, 0.2) is 11.5 Å². The highest BCUT2D eigenvalue weighted by atomic mass is 32.2. The molecular weight excluding hydrogens is 126 g/mol. The topological polar surface area (TPSA) is 43.1 Å². The van der Waals surface area contributed by atoms with Crippen molar-refractivity contribution < 1.29 is 4.92 Å². The molecule has 0 aliphatic carbocycles. The van der Waals surface area contributed by atoms with Crippen LogP contribution in [0.25, 0.3) is 0 Å². The second-order valence-electron chi connectivity index (χ2n) is 1.12. The predicted molar refractivity (Wildman–Crippen MR) is 34.5 cm³/mol. The van der Waals surface area contributed by atoms with Crippen molar-refractivity contribution in [1.29, 1.82) is 0 Å². The monoisotopic (exact) mass is 133 g/mol. The van der Waals surface area contributed by atoms with E-state index in [4.69, 9.17) is 0 Å². The minimum absolute atomic E-state index is 0.0686. The fourth-order valence-corrected chi connectivity index (χ4v) is 0.504. The van der Waals surface area contributed by atoms with Crippen molar-refractivity contribution in [3.8, 4) is 0 Å². The third kappa shape index (κ3) is 5.49. The fraction of sp³-hybridized carbons (Fsp3) is 0.500. The van der Waals surface area contributed by atoms with Crippen LogP contribution >= 0.6 is 11.8 Å². The SMILES string of the molecule is CS/C=C\C[N+](=O)[O-]. The normalized spacial score (nSPS) is 10.1. The molecule has 8 heavy (non-hydrogen) atoms. The Kier molecular flexibility index (Phi) is 4.35. The Labute approximate surface area is 51.9 Å². The first-order chi connectivity index (χ1) is 3.77. The predicted octanol–water partition coefficient (Wildman–Crippen LogP) is 1.14. The van der Waals surface area contributed by atoms with Gasteiger partial charge in [-0.2, -0.15) is 0 Å². The van der Waals surface area contributed by atoms with Crippen molar-refractivity contribution in [3.63, 3.8) is 0 Å². The van der Waals surface area contributed by atoms with E-state index in [-0.39, 0.29) is 11.5 Å². The molecule has 0 atom stereocenters. The van der Waals surface area contributed by atoms with Gasteiger partial charge in [-0.05, 0) is 17.7 Å². The molecule has 46 valence electrons. The fourth-order valence-electron chi connectivity index (χ4n) is 0.225. The van der Waals surface area contributed by atoms with Gasteiger partial charge in [-0.25, -0.2) is 0 Å². The molecule has 0 saturated heterocycles. The van der Waals surface area contributed by atoms with Gasteiger partial charge in [0, 0.05) is 4.92 Å². The lowest BCUT2D eigenvalue weighted by atomic mass is 10.7. The van der Waals surface area contributed by atoms with E-state index >= 15 is 0 Å².